The first kappa shape index (κ1) is 15.5. The fraction of sp³-hybridized carbons (Fsp3) is 0.385. The SMILES string of the molecule is O=C(CNS(=O)(=O)c1ccccc1)NC(C(=O)O)C1CC1. The van der Waals surface area contributed by atoms with Gasteiger partial charge in [-0.1, -0.05) is 18.2 Å². The van der Waals surface area contributed by atoms with E-state index < -0.39 is 34.5 Å². The Kier molecular flexibility index (Phi) is 4.59. The maximum atomic E-state index is 11.9. The number of hydrogen-bond acceptors (Lipinski definition) is 4. The van der Waals surface area contributed by atoms with Crippen LogP contribution in [0, 0.1) is 5.92 Å². The van der Waals surface area contributed by atoms with Crippen molar-refractivity contribution < 1.29 is 23.1 Å². The van der Waals surface area contributed by atoms with Crippen LogP contribution in [-0.2, 0) is 19.6 Å². The molecule has 1 saturated carbocycles. The second-order valence-corrected chi connectivity index (χ2v) is 6.63. The average molecular weight is 312 g/mol. The van der Waals surface area contributed by atoms with Crippen LogP contribution < -0.4 is 10.0 Å². The van der Waals surface area contributed by atoms with Crippen LogP contribution in [0.15, 0.2) is 35.2 Å². The fourth-order valence-corrected chi connectivity index (χ4v) is 2.88. The molecule has 114 valence electrons. The molecule has 0 aliphatic heterocycles. The highest BCUT2D eigenvalue weighted by molar-refractivity contribution is 7.89. The quantitative estimate of drug-likeness (QED) is 0.653. The molecule has 1 aliphatic carbocycles. The van der Waals surface area contributed by atoms with Crippen LogP contribution in [0.25, 0.3) is 0 Å². The Morgan fingerprint density at radius 3 is 2.38 bits per heavy atom. The number of carbonyl (C=O) groups is 2. The van der Waals surface area contributed by atoms with Crippen molar-refractivity contribution in [1.82, 2.24) is 10.0 Å². The number of carboxylic acids is 1. The standard InChI is InChI=1S/C13H16N2O5S/c16-11(15-12(13(17)18)9-6-7-9)8-14-21(19,20)10-4-2-1-3-5-10/h1-5,9,12,14H,6-8H2,(H,15,16)(H,17,18). The third kappa shape index (κ3) is 4.27. The van der Waals surface area contributed by atoms with Crippen molar-refractivity contribution in [3.05, 3.63) is 30.3 Å². The van der Waals surface area contributed by atoms with Crippen molar-refractivity contribution in [1.29, 1.82) is 0 Å². The maximum absolute atomic E-state index is 11.9. The van der Waals surface area contributed by atoms with Gasteiger partial charge in [-0.25, -0.2) is 17.9 Å². The Morgan fingerprint density at radius 2 is 1.86 bits per heavy atom. The molecular weight excluding hydrogens is 296 g/mol. The van der Waals surface area contributed by atoms with E-state index in [4.69, 9.17) is 5.11 Å². The van der Waals surface area contributed by atoms with E-state index in [-0.39, 0.29) is 10.8 Å². The topological polar surface area (TPSA) is 113 Å². The minimum atomic E-state index is -3.77. The summed E-state index contributed by atoms with van der Waals surface area (Å²) >= 11 is 0. The molecule has 1 amide bonds. The molecular formula is C13H16N2O5S. The molecule has 1 aliphatic rings. The summed E-state index contributed by atoms with van der Waals surface area (Å²) < 4.78 is 25.9. The summed E-state index contributed by atoms with van der Waals surface area (Å²) in [5.41, 5.74) is 0. The third-order valence-electron chi connectivity index (χ3n) is 3.15. The summed E-state index contributed by atoms with van der Waals surface area (Å²) in [7, 11) is -3.77. The predicted molar refractivity (Wildman–Crippen MR) is 73.9 cm³/mol. The van der Waals surface area contributed by atoms with Crippen molar-refractivity contribution in [2.75, 3.05) is 6.54 Å². The number of hydrogen-bond donors (Lipinski definition) is 3. The molecule has 0 radical (unpaired) electrons. The van der Waals surface area contributed by atoms with Crippen LogP contribution >= 0.6 is 0 Å². The molecule has 21 heavy (non-hydrogen) atoms. The van der Waals surface area contributed by atoms with Crippen molar-refractivity contribution in [2.45, 2.75) is 23.8 Å². The van der Waals surface area contributed by atoms with E-state index in [1.807, 2.05) is 0 Å². The van der Waals surface area contributed by atoms with Crippen molar-refractivity contribution in [3.8, 4) is 0 Å². The molecule has 7 nitrogen and oxygen atoms in total. The zero-order valence-corrected chi connectivity index (χ0v) is 12.0. The van der Waals surface area contributed by atoms with Crippen LogP contribution in [0.3, 0.4) is 0 Å². The minimum absolute atomic E-state index is 0.0507. The third-order valence-corrected chi connectivity index (χ3v) is 4.57. The molecule has 0 heterocycles. The molecule has 0 aromatic heterocycles. The van der Waals surface area contributed by atoms with Gasteiger partial charge in [0.05, 0.1) is 11.4 Å². The van der Waals surface area contributed by atoms with Crippen molar-refractivity contribution in [2.24, 2.45) is 5.92 Å². The molecule has 0 bridgehead atoms. The van der Waals surface area contributed by atoms with Gasteiger partial charge < -0.3 is 10.4 Å². The molecule has 1 unspecified atom stereocenters. The van der Waals surface area contributed by atoms with Gasteiger partial charge in [0.15, 0.2) is 0 Å². The summed E-state index contributed by atoms with van der Waals surface area (Å²) in [6, 6.07) is 6.69. The molecule has 0 spiro atoms. The Hall–Kier alpha value is -1.93. The van der Waals surface area contributed by atoms with Gasteiger partial charge in [0.1, 0.15) is 6.04 Å². The highest BCUT2D eigenvalue weighted by atomic mass is 32.2. The summed E-state index contributed by atoms with van der Waals surface area (Å²) in [6.07, 6.45) is 1.51. The summed E-state index contributed by atoms with van der Waals surface area (Å²) in [4.78, 5) is 22.7. The number of nitrogens with one attached hydrogen (secondary N) is 2. The van der Waals surface area contributed by atoms with Crippen molar-refractivity contribution in [3.63, 3.8) is 0 Å². The maximum Gasteiger partial charge on any atom is 0.326 e. The predicted octanol–water partition coefficient (Wildman–Crippen LogP) is -0.0557. The first-order valence-corrected chi connectivity index (χ1v) is 7.95. The lowest BCUT2D eigenvalue weighted by atomic mass is 10.2. The van der Waals surface area contributed by atoms with Gasteiger partial charge in [0, 0.05) is 0 Å². The molecule has 3 N–H and O–H groups in total. The van der Waals surface area contributed by atoms with E-state index in [1.165, 1.54) is 12.1 Å². The second kappa shape index (κ2) is 6.23. The van der Waals surface area contributed by atoms with Gasteiger partial charge in [-0.05, 0) is 30.9 Å². The van der Waals surface area contributed by atoms with Gasteiger partial charge >= 0.3 is 5.97 Å². The van der Waals surface area contributed by atoms with Gasteiger partial charge in [-0.2, -0.15) is 0 Å². The van der Waals surface area contributed by atoms with E-state index in [2.05, 4.69) is 10.0 Å². The number of rotatable bonds is 7. The first-order chi connectivity index (χ1) is 9.90. The second-order valence-electron chi connectivity index (χ2n) is 4.86. The minimum Gasteiger partial charge on any atom is -0.480 e. The van der Waals surface area contributed by atoms with E-state index in [0.717, 1.165) is 12.8 Å². The summed E-state index contributed by atoms with van der Waals surface area (Å²) in [5, 5.41) is 11.3. The van der Waals surface area contributed by atoms with Gasteiger partial charge in [-0.3, -0.25) is 4.79 Å². The van der Waals surface area contributed by atoms with Crippen LogP contribution in [0.2, 0.25) is 0 Å². The molecule has 1 atom stereocenters. The lowest BCUT2D eigenvalue weighted by Gasteiger charge is -2.14. The summed E-state index contributed by atoms with van der Waals surface area (Å²) in [5.74, 6) is -1.82. The molecule has 8 heteroatoms. The van der Waals surface area contributed by atoms with E-state index in [1.54, 1.807) is 18.2 Å². The van der Waals surface area contributed by atoms with Crippen molar-refractivity contribution >= 4 is 21.9 Å². The zero-order valence-electron chi connectivity index (χ0n) is 11.2. The number of carbonyl (C=O) groups excluding carboxylic acids is 1. The average Bonchev–Trinajstić information content (AvgIpc) is 3.28. The zero-order chi connectivity index (χ0) is 15.5. The number of benzene rings is 1. The number of amides is 1. The fourth-order valence-electron chi connectivity index (χ4n) is 1.88. The number of sulfonamides is 1. The number of carboxylic acid groups (broad SMARTS) is 1. The highest BCUT2D eigenvalue weighted by Gasteiger charge is 2.37. The van der Waals surface area contributed by atoms with E-state index in [0.29, 0.717) is 0 Å². The van der Waals surface area contributed by atoms with E-state index >= 15 is 0 Å². The number of aliphatic carboxylic acids is 1. The Morgan fingerprint density at radius 1 is 1.24 bits per heavy atom. The molecule has 2 rings (SSSR count). The van der Waals surface area contributed by atoms with E-state index in [9.17, 15) is 18.0 Å². The lowest BCUT2D eigenvalue weighted by Crippen LogP contribution is -2.46. The van der Waals surface area contributed by atoms with Gasteiger partial charge in [0.2, 0.25) is 15.9 Å². The largest absolute Gasteiger partial charge is 0.480 e. The van der Waals surface area contributed by atoms with Crippen LogP contribution in [0.5, 0.6) is 0 Å². The Balaban J connectivity index is 1.90. The van der Waals surface area contributed by atoms with Crippen LogP contribution in [0.4, 0.5) is 0 Å². The molecule has 0 saturated heterocycles. The lowest BCUT2D eigenvalue weighted by molar-refractivity contribution is -0.142. The highest BCUT2D eigenvalue weighted by Crippen LogP contribution is 2.32. The molecule has 1 aromatic carbocycles. The normalized spacial score (nSPS) is 16.2. The molecule has 1 fully saturated rings. The van der Waals surface area contributed by atoms with Crippen LogP contribution in [0.1, 0.15) is 12.8 Å². The van der Waals surface area contributed by atoms with Gasteiger partial charge in [0.25, 0.3) is 0 Å². The Labute approximate surface area is 122 Å². The van der Waals surface area contributed by atoms with Crippen LogP contribution in [-0.4, -0.2) is 38.0 Å². The van der Waals surface area contributed by atoms with Gasteiger partial charge in [-0.15, -0.1) is 0 Å². The smallest absolute Gasteiger partial charge is 0.326 e. The summed E-state index contributed by atoms with van der Waals surface area (Å²) in [6.45, 7) is -0.492. The first-order valence-electron chi connectivity index (χ1n) is 6.47. The molecule has 1 aromatic rings. The monoisotopic (exact) mass is 312 g/mol. The Bertz CT molecular complexity index is 625.